The maximum atomic E-state index is 12.9. The fraction of sp³-hybridized carbons (Fsp3) is 0.227. The molecule has 1 fully saturated rings. The number of imide groups is 1. The molecule has 0 unspecified atom stereocenters. The molecule has 0 radical (unpaired) electrons. The summed E-state index contributed by atoms with van der Waals surface area (Å²) in [6, 6.07) is 13.9. The third-order valence-corrected chi connectivity index (χ3v) is 4.98. The van der Waals surface area contributed by atoms with E-state index in [4.69, 9.17) is 5.26 Å². The van der Waals surface area contributed by atoms with Crippen molar-refractivity contribution in [2.24, 2.45) is 0 Å². The Hall–Kier alpha value is -3.99. The molecule has 3 rings (SSSR count). The van der Waals surface area contributed by atoms with E-state index in [1.165, 1.54) is 12.1 Å². The molecule has 1 aliphatic rings. The van der Waals surface area contributed by atoms with Crippen molar-refractivity contribution in [3.63, 3.8) is 0 Å². The van der Waals surface area contributed by atoms with Crippen LogP contribution in [0.4, 0.5) is 10.5 Å². The number of rotatable bonds is 6. The maximum absolute atomic E-state index is 12.9. The normalized spacial score (nSPS) is 18.0. The van der Waals surface area contributed by atoms with Gasteiger partial charge in [0.05, 0.1) is 18.2 Å². The molecule has 2 aromatic carbocycles. The van der Waals surface area contributed by atoms with E-state index in [1.807, 2.05) is 6.07 Å². The first kappa shape index (κ1) is 20.7. The first-order valence-electron chi connectivity index (χ1n) is 9.36. The van der Waals surface area contributed by atoms with Crippen LogP contribution in [0.5, 0.6) is 0 Å². The molecule has 0 saturated carbocycles. The number of nitrogens with one attached hydrogen (secondary N) is 2. The molecule has 4 amide bonds. The predicted octanol–water partition coefficient (Wildman–Crippen LogP) is 2.56. The Kier molecular flexibility index (Phi) is 5.65. The zero-order valence-electron chi connectivity index (χ0n) is 16.6. The number of carbonyl (C=O) groups is 4. The van der Waals surface area contributed by atoms with Gasteiger partial charge in [0, 0.05) is 17.7 Å². The fourth-order valence-electron chi connectivity index (χ4n) is 3.14. The summed E-state index contributed by atoms with van der Waals surface area (Å²) >= 11 is 0. The van der Waals surface area contributed by atoms with E-state index in [1.54, 1.807) is 50.2 Å². The summed E-state index contributed by atoms with van der Waals surface area (Å²) in [5.41, 5.74) is 0.508. The van der Waals surface area contributed by atoms with E-state index in [-0.39, 0.29) is 5.91 Å². The molecule has 1 aliphatic heterocycles. The average Bonchev–Trinajstić information content (AvgIpc) is 2.98. The van der Waals surface area contributed by atoms with Crippen LogP contribution in [0.3, 0.4) is 0 Å². The van der Waals surface area contributed by atoms with Crippen LogP contribution in [0.25, 0.3) is 0 Å². The van der Waals surface area contributed by atoms with E-state index >= 15 is 0 Å². The monoisotopic (exact) mass is 404 g/mol. The predicted molar refractivity (Wildman–Crippen MR) is 108 cm³/mol. The number of carbonyl (C=O) groups excluding carboxylic acids is 4. The first-order valence-corrected chi connectivity index (χ1v) is 9.36. The minimum absolute atomic E-state index is 0.143. The van der Waals surface area contributed by atoms with Crippen molar-refractivity contribution in [1.29, 1.82) is 5.26 Å². The van der Waals surface area contributed by atoms with Crippen molar-refractivity contribution in [3.8, 4) is 6.07 Å². The maximum Gasteiger partial charge on any atom is 0.325 e. The molecule has 0 aliphatic carbocycles. The number of nitrogens with zero attached hydrogens (tertiary/aromatic N) is 2. The van der Waals surface area contributed by atoms with Gasteiger partial charge in [0.25, 0.3) is 5.91 Å². The Labute approximate surface area is 173 Å². The molecule has 0 bridgehead atoms. The van der Waals surface area contributed by atoms with Crippen molar-refractivity contribution >= 4 is 29.3 Å². The molecular weight excluding hydrogens is 384 g/mol. The smallest absolute Gasteiger partial charge is 0.325 e. The van der Waals surface area contributed by atoms with Crippen LogP contribution in [0.2, 0.25) is 0 Å². The highest BCUT2D eigenvalue weighted by molar-refractivity contribution is 6.11. The summed E-state index contributed by atoms with van der Waals surface area (Å²) in [6.45, 7) is 2.89. The third kappa shape index (κ3) is 3.91. The van der Waals surface area contributed by atoms with Crippen LogP contribution in [-0.4, -0.2) is 35.1 Å². The lowest BCUT2D eigenvalue weighted by Gasteiger charge is -2.22. The Morgan fingerprint density at radius 2 is 1.73 bits per heavy atom. The molecular formula is C22H20N4O4. The van der Waals surface area contributed by atoms with Gasteiger partial charge in [-0.1, -0.05) is 19.1 Å². The second-order valence-electron chi connectivity index (χ2n) is 7.04. The number of hydrogen-bond donors (Lipinski definition) is 2. The quantitative estimate of drug-likeness (QED) is 0.566. The van der Waals surface area contributed by atoms with Crippen LogP contribution in [0, 0.1) is 11.3 Å². The van der Waals surface area contributed by atoms with Crippen LogP contribution in [0.15, 0.2) is 48.5 Å². The second kappa shape index (κ2) is 8.17. The van der Waals surface area contributed by atoms with Gasteiger partial charge in [0.1, 0.15) is 5.54 Å². The average molecular weight is 404 g/mol. The fourth-order valence-corrected chi connectivity index (χ4v) is 3.14. The molecule has 2 N–H and O–H groups in total. The topological polar surface area (TPSA) is 119 Å². The van der Waals surface area contributed by atoms with Gasteiger partial charge in [-0.05, 0) is 48.9 Å². The highest BCUT2D eigenvalue weighted by Crippen LogP contribution is 2.29. The van der Waals surface area contributed by atoms with Crippen molar-refractivity contribution in [2.45, 2.75) is 25.8 Å². The molecule has 152 valence electrons. The number of Topliss-reactive ketones (excluding diaryl/α,β-unsaturated/α-hetero) is 1. The van der Waals surface area contributed by atoms with Gasteiger partial charge in [-0.15, -0.1) is 0 Å². The SMILES string of the molecule is CCC(=O)Nc1ccc(C(=O)CN2C(=O)N[C@](C)(c3ccc(C#N)cc3)C2=O)cc1. The summed E-state index contributed by atoms with van der Waals surface area (Å²) in [5.74, 6) is -1.09. The molecule has 0 spiro atoms. The molecule has 8 heteroatoms. The standard InChI is InChI=1S/C22H20N4O4/c1-3-19(28)24-17-10-6-15(7-11-17)18(27)13-26-20(29)22(2,25-21(26)30)16-8-4-14(12-23)5-9-16/h4-11H,3,13H2,1-2H3,(H,24,28)(H,25,30)/t22-/m1/s1. The summed E-state index contributed by atoms with van der Waals surface area (Å²) in [6.07, 6.45) is 0.338. The molecule has 1 saturated heterocycles. The number of anilines is 1. The van der Waals surface area contributed by atoms with Gasteiger partial charge in [-0.3, -0.25) is 19.3 Å². The minimum atomic E-state index is -1.32. The van der Waals surface area contributed by atoms with Crippen LogP contribution in [-0.2, 0) is 15.1 Å². The number of hydrogen-bond acceptors (Lipinski definition) is 5. The number of amides is 4. The molecule has 30 heavy (non-hydrogen) atoms. The lowest BCUT2D eigenvalue weighted by molar-refractivity contribution is -0.130. The van der Waals surface area contributed by atoms with Gasteiger partial charge >= 0.3 is 6.03 Å². The van der Waals surface area contributed by atoms with Gasteiger partial charge in [-0.25, -0.2) is 4.79 Å². The number of ketones is 1. The van der Waals surface area contributed by atoms with Gasteiger partial charge < -0.3 is 10.6 Å². The van der Waals surface area contributed by atoms with E-state index in [0.717, 1.165) is 4.90 Å². The largest absolute Gasteiger partial charge is 0.326 e. The summed E-state index contributed by atoms with van der Waals surface area (Å²) in [5, 5.41) is 14.2. The summed E-state index contributed by atoms with van der Waals surface area (Å²) in [7, 11) is 0. The van der Waals surface area contributed by atoms with Crippen LogP contribution in [0.1, 0.15) is 41.8 Å². The Morgan fingerprint density at radius 3 is 2.30 bits per heavy atom. The zero-order chi connectivity index (χ0) is 21.9. The summed E-state index contributed by atoms with van der Waals surface area (Å²) < 4.78 is 0. The lowest BCUT2D eigenvalue weighted by atomic mass is 9.91. The van der Waals surface area contributed by atoms with Crippen molar-refractivity contribution in [1.82, 2.24) is 10.2 Å². The molecule has 1 atom stereocenters. The highest BCUT2D eigenvalue weighted by Gasteiger charge is 2.49. The number of benzene rings is 2. The molecule has 1 heterocycles. The molecule has 8 nitrogen and oxygen atoms in total. The Morgan fingerprint density at radius 1 is 1.10 bits per heavy atom. The van der Waals surface area contributed by atoms with Crippen molar-refractivity contribution in [3.05, 3.63) is 65.2 Å². The van der Waals surface area contributed by atoms with Crippen LogP contribution >= 0.6 is 0 Å². The second-order valence-corrected chi connectivity index (χ2v) is 7.04. The number of urea groups is 1. The van der Waals surface area contributed by atoms with E-state index in [2.05, 4.69) is 10.6 Å². The van der Waals surface area contributed by atoms with E-state index in [0.29, 0.717) is 28.8 Å². The molecule has 0 aromatic heterocycles. The Bertz CT molecular complexity index is 1050. The van der Waals surface area contributed by atoms with E-state index in [9.17, 15) is 19.2 Å². The summed E-state index contributed by atoms with van der Waals surface area (Å²) in [4.78, 5) is 50.3. The van der Waals surface area contributed by atoms with Gasteiger partial charge in [0.15, 0.2) is 5.78 Å². The third-order valence-electron chi connectivity index (χ3n) is 4.98. The van der Waals surface area contributed by atoms with Crippen molar-refractivity contribution < 1.29 is 19.2 Å². The first-order chi connectivity index (χ1) is 14.3. The number of nitriles is 1. The zero-order valence-corrected chi connectivity index (χ0v) is 16.6. The van der Waals surface area contributed by atoms with E-state index < -0.39 is 29.8 Å². The Balaban J connectivity index is 1.74. The lowest BCUT2D eigenvalue weighted by Crippen LogP contribution is -2.41. The van der Waals surface area contributed by atoms with Crippen molar-refractivity contribution in [2.75, 3.05) is 11.9 Å². The van der Waals surface area contributed by atoms with Gasteiger partial charge in [0.2, 0.25) is 5.91 Å². The highest BCUT2D eigenvalue weighted by atomic mass is 16.2. The molecule has 2 aromatic rings. The van der Waals surface area contributed by atoms with Gasteiger partial charge in [-0.2, -0.15) is 5.26 Å². The van der Waals surface area contributed by atoms with Crippen LogP contribution < -0.4 is 10.6 Å². The minimum Gasteiger partial charge on any atom is -0.326 e.